The first kappa shape index (κ1) is 12.7. The lowest BCUT2D eigenvalue weighted by atomic mass is 10.2. The molecule has 1 aromatic rings. The second-order valence-corrected chi connectivity index (χ2v) is 3.91. The average Bonchev–Trinajstić information content (AvgIpc) is 2.78. The number of nitrogens with one attached hydrogen (secondary N) is 2. The van der Waals surface area contributed by atoms with E-state index in [0.29, 0.717) is 31.8 Å². The topological polar surface area (TPSA) is 50.4 Å². The second-order valence-electron chi connectivity index (χ2n) is 3.91. The lowest BCUT2D eigenvalue weighted by Crippen LogP contribution is -2.38. The van der Waals surface area contributed by atoms with Crippen molar-refractivity contribution in [1.82, 2.24) is 5.32 Å². The van der Waals surface area contributed by atoms with Gasteiger partial charge in [-0.2, -0.15) is 0 Å². The van der Waals surface area contributed by atoms with E-state index in [1.54, 1.807) is 0 Å². The molecule has 1 saturated heterocycles. The predicted octanol–water partition coefficient (Wildman–Crippen LogP) is 2.01. The van der Waals surface area contributed by atoms with Crippen molar-refractivity contribution < 1.29 is 22.7 Å². The van der Waals surface area contributed by atoms with Crippen molar-refractivity contribution in [3.8, 4) is 0 Å². The second kappa shape index (κ2) is 5.26. The molecule has 1 heterocycles. The van der Waals surface area contributed by atoms with E-state index in [1.807, 2.05) is 0 Å². The highest BCUT2D eigenvalue weighted by Crippen LogP contribution is 2.17. The minimum Gasteiger partial charge on any atom is -0.379 e. The first-order chi connectivity index (χ1) is 8.56. The zero-order valence-electron chi connectivity index (χ0n) is 9.30. The molecule has 18 heavy (non-hydrogen) atoms. The van der Waals surface area contributed by atoms with Crippen molar-refractivity contribution in [1.29, 1.82) is 0 Å². The first-order valence-corrected chi connectivity index (χ1v) is 5.36. The summed E-state index contributed by atoms with van der Waals surface area (Å²) < 4.78 is 43.5. The van der Waals surface area contributed by atoms with Gasteiger partial charge in [0, 0.05) is 24.4 Å². The van der Waals surface area contributed by atoms with Crippen LogP contribution in [0.2, 0.25) is 0 Å². The first-order valence-electron chi connectivity index (χ1n) is 5.36. The Labute approximate surface area is 101 Å². The number of halogens is 3. The fraction of sp³-hybridized carbons (Fsp3) is 0.364. The van der Waals surface area contributed by atoms with Gasteiger partial charge in [0.15, 0.2) is 17.5 Å². The summed E-state index contributed by atoms with van der Waals surface area (Å²) in [4.78, 5) is 11.5. The number of anilines is 1. The summed E-state index contributed by atoms with van der Waals surface area (Å²) in [5.74, 6) is -4.27. The number of carbonyl (C=O) groups is 1. The Morgan fingerprint density at radius 3 is 2.50 bits per heavy atom. The van der Waals surface area contributed by atoms with Crippen molar-refractivity contribution >= 4 is 11.7 Å². The van der Waals surface area contributed by atoms with Gasteiger partial charge in [-0.05, 0) is 6.42 Å². The third-order valence-corrected chi connectivity index (χ3v) is 2.51. The van der Waals surface area contributed by atoms with Crippen LogP contribution in [-0.4, -0.2) is 25.3 Å². The third-order valence-electron chi connectivity index (χ3n) is 2.51. The SMILES string of the molecule is O=C(Nc1cc(F)c(F)c(F)c1)NC1CCOC1. The van der Waals surface area contributed by atoms with Gasteiger partial charge in [0.1, 0.15) is 0 Å². The number of hydrogen-bond donors (Lipinski definition) is 2. The Hall–Kier alpha value is -1.76. The molecule has 2 rings (SSSR count). The summed E-state index contributed by atoms with van der Waals surface area (Å²) in [6, 6.07) is 0.683. The molecule has 0 spiro atoms. The highest BCUT2D eigenvalue weighted by molar-refractivity contribution is 5.89. The molecule has 98 valence electrons. The van der Waals surface area contributed by atoms with Crippen molar-refractivity contribution in [3.05, 3.63) is 29.6 Å². The number of benzene rings is 1. The molecule has 2 N–H and O–H groups in total. The van der Waals surface area contributed by atoms with Crippen LogP contribution < -0.4 is 10.6 Å². The van der Waals surface area contributed by atoms with E-state index in [2.05, 4.69) is 10.6 Å². The number of amides is 2. The lowest BCUT2D eigenvalue weighted by Gasteiger charge is -2.12. The molecule has 7 heteroatoms. The van der Waals surface area contributed by atoms with Crippen LogP contribution in [0.3, 0.4) is 0 Å². The minimum atomic E-state index is -1.56. The number of urea groups is 1. The average molecular weight is 260 g/mol. The molecule has 1 unspecified atom stereocenters. The summed E-state index contributed by atoms with van der Waals surface area (Å²) >= 11 is 0. The van der Waals surface area contributed by atoms with Gasteiger partial charge in [0.2, 0.25) is 0 Å². The molecule has 4 nitrogen and oxygen atoms in total. The molecule has 1 aliphatic heterocycles. The molecule has 2 amide bonds. The van der Waals surface area contributed by atoms with E-state index in [-0.39, 0.29) is 11.7 Å². The normalized spacial score (nSPS) is 18.7. The third kappa shape index (κ3) is 2.92. The van der Waals surface area contributed by atoms with E-state index in [0.717, 1.165) is 0 Å². The fourth-order valence-corrected chi connectivity index (χ4v) is 1.63. The van der Waals surface area contributed by atoms with E-state index >= 15 is 0 Å². The van der Waals surface area contributed by atoms with Gasteiger partial charge in [-0.1, -0.05) is 0 Å². The van der Waals surface area contributed by atoms with Crippen LogP contribution in [0.5, 0.6) is 0 Å². The standard InChI is InChI=1S/C11H11F3N2O2/c12-8-3-7(4-9(13)10(8)14)16-11(17)15-6-1-2-18-5-6/h3-4,6H,1-2,5H2,(H2,15,16,17). The summed E-state index contributed by atoms with van der Waals surface area (Å²) in [5.41, 5.74) is -0.150. The van der Waals surface area contributed by atoms with E-state index in [1.165, 1.54) is 0 Å². The summed E-state index contributed by atoms with van der Waals surface area (Å²) in [6.07, 6.45) is 0.680. The van der Waals surface area contributed by atoms with Gasteiger partial charge in [-0.25, -0.2) is 18.0 Å². The van der Waals surface area contributed by atoms with Crippen molar-refractivity contribution in [2.24, 2.45) is 0 Å². The molecule has 0 aliphatic carbocycles. The van der Waals surface area contributed by atoms with Gasteiger partial charge in [-0.3, -0.25) is 0 Å². The Kier molecular flexibility index (Phi) is 3.71. The zero-order valence-corrected chi connectivity index (χ0v) is 9.30. The summed E-state index contributed by atoms with van der Waals surface area (Å²) in [6.45, 7) is 0.963. The van der Waals surface area contributed by atoms with Crippen LogP contribution in [0.4, 0.5) is 23.7 Å². The predicted molar refractivity (Wildman–Crippen MR) is 57.7 cm³/mol. The fourth-order valence-electron chi connectivity index (χ4n) is 1.63. The van der Waals surface area contributed by atoms with Crippen LogP contribution in [-0.2, 0) is 4.74 Å². The van der Waals surface area contributed by atoms with E-state index in [9.17, 15) is 18.0 Å². The number of hydrogen-bond acceptors (Lipinski definition) is 2. The van der Waals surface area contributed by atoms with E-state index in [4.69, 9.17) is 4.74 Å². The van der Waals surface area contributed by atoms with Gasteiger partial charge < -0.3 is 15.4 Å². The zero-order chi connectivity index (χ0) is 13.1. The van der Waals surface area contributed by atoms with Crippen LogP contribution in [0, 0.1) is 17.5 Å². The molecular weight excluding hydrogens is 249 g/mol. The van der Waals surface area contributed by atoms with Crippen molar-refractivity contribution in [2.75, 3.05) is 18.5 Å². The van der Waals surface area contributed by atoms with Crippen molar-refractivity contribution in [2.45, 2.75) is 12.5 Å². The molecule has 1 fully saturated rings. The lowest BCUT2D eigenvalue weighted by molar-refractivity contribution is 0.189. The molecule has 0 radical (unpaired) electrons. The minimum absolute atomic E-state index is 0.125. The summed E-state index contributed by atoms with van der Waals surface area (Å²) in [7, 11) is 0. The molecule has 1 aliphatic rings. The smallest absolute Gasteiger partial charge is 0.319 e. The van der Waals surface area contributed by atoms with Crippen LogP contribution in [0.25, 0.3) is 0 Å². The maximum atomic E-state index is 12.9. The van der Waals surface area contributed by atoms with Crippen LogP contribution in [0.15, 0.2) is 12.1 Å². The number of ether oxygens (including phenoxy) is 1. The molecular formula is C11H11F3N2O2. The van der Waals surface area contributed by atoms with Gasteiger partial charge in [-0.15, -0.1) is 0 Å². The Balaban J connectivity index is 1.98. The maximum Gasteiger partial charge on any atom is 0.319 e. The largest absolute Gasteiger partial charge is 0.379 e. The molecule has 0 bridgehead atoms. The molecule has 1 atom stereocenters. The molecule has 0 aromatic heterocycles. The quantitative estimate of drug-likeness (QED) is 0.799. The highest BCUT2D eigenvalue weighted by Gasteiger charge is 2.18. The van der Waals surface area contributed by atoms with Crippen LogP contribution in [0.1, 0.15) is 6.42 Å². The Morgan fingerprint density at radius 2 is 1.94 bits per heavy atom. The Morgan fingerprint density at radius 1 is 1.28 bits per heavy atom. The molecule has 1 aromatic carbocycles. The van der Waals surface area contributed by atoms with Crippen LogP contribution >= 0.6 is 0 Å². The number of carbonyl (C=O) groups excluding carboxylic acids is 1. The van der Waals surface area contributed by atoms with Gasteiger partial charge in [0.25, 0.3) is 0 Å². The van der Waals surface area contributed by atoms with Crippen molar-refractivity contribution in [3.63, 3.8) is 0 Å². The summed E-state index contributed by atoms with van der Waals surface area (Å²) in [5, 5.41) is 4.79. The maximum absolute atomic E-state index is 12.9. The molecule has 0 saturated carbocycles. The van der Waals surface area contributed by atoms with E-state index < -0.39 is 23.5 Å². The van der Waals surface area contributed by atoms with Gasteiger partial charge in [0.05, 0.1) is 12.6 Å². The number of rotatable bonds is 2. The monoisotopic (exact) mass is 260 g/mol. The Bertz CT molecular complexity index is 439. The highest BCUT2D eigenvalue weighted by atomic mass is 19.2. The van der Waals surface area contributed by atoms with Gasteiger partial charge >= 0.3 is 6.03 Å².